The highest BCUT2D eigenvalue weighted by Crippen LogP contribution is 2.33. The Kier molecular flexibility index (Phi) is 5.38. The number of methoxy groups -OCH3 is 2. The van der Waals surface area contributed by atoms with Crippen LogP contribution in [0.25, 0.3) is 11.1 Å². The molecule has 3 rings (SSSR count). The van der Waals surface area contributed by atoms with Crippen molar-refractivity contribution in [2.24, 2.45) is 0 Å². The second kappa shape index (κ2) is 7.58. The fourth-order valence-electron chi connectivity index (χ4n) is 3.09. The zero-order valence-corrected chi connectivity index (χ0v) is 16.0. The van der Waals surface area contributed by atoms with E-state index in [-0.39, 0.29) is 10.5 Å². The molecule has 0 atom stereocenters. The van der Waals surface area contributed by atoms with Crippen molar-refractivity contribution in [3.8, 4) is 22.6 Å². The third-order valence-corrected chi connectivity index (χ3v) is 6.42. The van der Waals surface area contributed by atoms with E-state index in [1.807, 2.05) is 0 Å². The molecule has 0 spiro atoms. The predicted octanol–water partition coefficient (Wildman–Crippen LogP) is 2.85. The van der Waals surface area contributed by atoms with Gasteiger partial charge in [-0.3, -0.25) is 0 Å². The molecule has 1 aliphatic heterocycles. The number of benzene rings is 2. The van der Waals surface area contributed by atoms with Crippen molar-refractivity contribution in [1.29, 1.82) is 0 Å². The van der Waals surface area contributed by atoms with E-state index in [0.29, 0.717) is 35.7 Å². The van der Waals surface area contributed by atoms with Crippen LogP contribution in [0.4, 0.5) is 0 Å². The van der Waals surface area contributed by atoms with Crippen molar-refractivity contribution in [3.63, 3.8) is 0 Å². The Hall–Kier alpha value is -2.58. The zero-order chi connectivity index (χ0) is 19.6. The molecule has 0 amide bonds. The molecule has 1 heterocycles. The molecule has 0 saturated carbocycles. The maximum absolute atomic E-state index is 12.9. The molecule has 27 heavy (non-hydrogen) atoms. The topological polar surface area (TPSA) is 93.1 Å². The summed E-state index contributed by atoms with van der Waals surface area (Å²) in [6, 6.07) is 9.24. The predicted molar refractivity (Wildman–Crippen MR) is 99.9 cm³/mol. The van der Waals surface area contributed by atoms with Crippen LogP contribution in [0.3, 0.4) is 0 Å². The molecule has 1 saturated heterocycles. The van der Waals surface area contributed by atoms with Gasteiger partial charge in [-0.2, -0.15) is 4.31 Å². The summed E-state index contributed by atoms with van der Waals surface area (Å²) in [6.07, 6.45) is 1.61. The molecule has 144 valence electrons. The molecule has 1 fully saturated rings. The molecule has 1 aliphatic rings. The lowest BCUT2D eigenvalue weighted by atomic mass is 10.0. The number of nitrogens with zero attached hydrogens (tertiary/aromatic N) is 1. The van der Waals surface area contributed by atoms with E-state index in [9.17, 15) is 18.3 Å². The third-order valence-electron chi connectivity index (χ3n) is 4.54. The smallest absolute Gasteiger partial charge is 0.335 e. The standard InChI is InChI=1S/C19H21NO6S/c1-25-16-8-14(9-17(12-16)26-2)13-7-15(19(21)22)11-18(10-13)27(23,24)20-5-3-4-6-20/h7-12H,3-6H2,1-2H3,(H,21,22). The molecule has 7 nitrogen and oxygen atoms in total. The van der Waals surface area contributed by atoms with Gasteiger partial charge in [-0.1, -0.05) is 0 Å². The third kappa shape index (κ3) is 3.91. The zero-order valence-electron chi connectivity index (χ0n) is 15.1. The lowest BCUT2D eigenvalue weighted by Crippen LogP contribution is -2.28. The second-order valence-electron chi connectivity index (χ2n) is 6.26. The van der Waals surface area contributed by atoms with Crippen LogP contribution < -0.4 is 9.47 Å². The van der Waals surface area contributed by atoms with Gasteiger partial charge in [-0.05, 0) is 54.3 Å². The van der Waals surface area contributed by atoms with E-state index < -0.39 is 16.0 Å². The summed E-state index contributed by atoms with van der Waals surface area (Å²) >= 11 is 0. The van der Waals surface area contributed by atoms with Crippen molar-refractivity contribution >= 4 is 16.0 Å². The van der Waals surface area contributed by atoms with E-state index in [1.54, 1.807) is 18.2 Å². The van der Waals surface area contributed by atoms with Crippen molar-refractivity contribution in [3.05, 3.63) is 42.0 Å². The van der Waals surface area contributed by atoms with Crippen molar-refractivity contribution in [2.75, 3.05) is 27.3 Å². The largest absolute Gasteiger partial charge is 0.497 e. The summed E-state index contributed by atoms with van der Waals surface area (Å²) in [5.41, 5.74) is 0.976. The van der Waals surface area contributed by atoms with E-state index in [4.69, 9.17) is 9.47 Å². The molecule has 1 N–H and O–H groups in total. The van der Waals surface area contributed by atoms with Crippen LogP contribution in [0.1, 0.15) is 23.2 Å². The van der Waals surface area contributed by atoms with E-state index in [0.717, 1.165) is 12.8 Å². The van der Waals surface area contributed by atoms with Crippen LogP contribution in [0, 0.1) is 0 Å². The second-order valence-corrected chi connectivity index (χ2v) is 8.20. The van der Waals surface area contributed by atoms with Gasteiger partial charge in [0.25, 0.3) is 0 Å². The first-order valence-corrected chi connectivity index (χ1v) is 9.91. The molecule has 0 unspecified atom stereocenters. The van der Waals surface area contributed by atoms with Gasteiger partial charge in [-0.15, -0.1) is 0 Å². The summed E-state index contributed by atoms with van der Waals surface area (Å²) < 4.78 is 37.7. The van der Waals surface area contributed by atoms with Gasteiger partial charge in [0.2, 0.25) is 10.0 Å². The maximum atomic E-state index is 12.9. The molecular weight excluding hydrogens is 370 g/mol. The summed E-state index contributed by atoms with van der Waals surface area (Å²) in [5, 5.41) is 9.46. The maximum Gasteiger partial charge on any atom is 0.335 e. The minimum atomic E-state index is -3.75. The Balaban J connectivity index is 2.17. The SMILES string of the molecule is COc1cc(OC)cc(-c2cc(C(=O)O)cc(S(=O)(=O)N3CCCC3)c2)c1. The average molecular weight is 391 g/mol. The molecular formula is C19H21NO6S. The fraction of sp³-hybridized carbons (Fsp3) is 0.316. The van der Waals surface area contributed by atoms with E-state index in [1.165, 1.54) is 36.7 Å². The highest BCUT2D eigenvalue weighted by molar-refractivity contribution is 7.89. The number of aromatic carboxylic acids is 1. The van der Waals surface area contributed by atoms with Crippen LogP contribution in [0.5, 0.6) is 11.5 Å². The monoisotopic (exact) mass is 391 g/mol. The first-order chi connectivity index (χ1) is 12.8. The van der Waals surface area contributed by atoms with Gasteiger partial charge in [0, 0.05) is 19.2 Å². The minimum Gasteiger partial charge on any atom is -0.497 e. The van der Waals surface area contributed by atoms with Gasteiger partial charge in [0.15, 0.2) is 0 Å². The molecule has 8 heteroatoms. The number of rotatable bonds is 6. The lowest BCUT2D eigenvalue weighted by molar-refractivity contribution is 0.0696. The summed E-state index contributed by atoms with van der Waals surface area (Å²) in [5.74, 6) is -0.146. The van der Waals surface area contributed by atoms with Crippen LogP contribution in [0.2, 0.25) is 0 Å². The first-order valence-electron chi connectivity index (χ1n) is 8.47. The minimum absolute atomic E-state index is 0.0268. The highest BCUT2D eigenvalue weighted by Gasteiger charge is 2.28. The van der Waals surface area contributed by atoms with Gasteiger partial charge < -0.3 is 14.6 Å². The molecule has 2 aromatic carbocycles. The van der Waals surface area contributed by atoms with Crippen molar-refractivity contribution in [2.45, 2.75) is 17.7 Å². The highest BCUT2D eigenvalue weighted by atomic mass is 32.2. The van der Waals surface area contributed by atoms with E-state index in [2.05, 4.69) is 0 Å². The number of carboxylic acid groups (broad SMARTS) is 1. The number of ether oxygens (including phenoxy) is 2. The van der Waals surface area contributed by atoms with Crippen LogP contribution in [0.15, 0.2) is 41.3 Å². The summed E-state index contributed by atoms with van der Waals surface area (Å²) in [4.78, 5) is 11.5. The lowest BCUT2D eigenvalue weighted by Gasteiger charge is -2.17. The number of hydrogen-bond donors (Lipinski definition) is 1. The van der Waals surface area contributed by atoms with E-state index >= 15 is 0 Å². The molecule has 0 aromatic heterocycles. The Bertz CT molecular complexity index is 942. The number of sulfonamides is 1. The summed E-state index contributed by atoms with van der Waals surface area (Å²) in [6.45, 7) is 0.893. The molecule has 0 bridgehead atoms. The van der Waals surface area contributed by atoms with Crippen LogP contribution >= 0.6 is 0 Å². The Morgan fingerprint density at radius 1 is 0.926 bits per heavy atom. The van der Waals surface area contributed by atoms with Crippen LogP contribution in [-0.2, 0) is 10.0 Å². The van der Waals surface area contributed by atoms with Gasteiger partial charge in [0.1, 0.15) is 11.5 Å². The fourth-order valence-corrected chi connectivity index (χ4v) is 4.68. The molecule has 0 radical (unpaired) electrons. The molecule has 2 aromatic rings. The number of hydrogen-bond acceptors (Lipinski definition) is 5. The van der Waals surface area contributed by atoms with Crippen molar-refractivity contribution in [1.82, 2.24) is 4.31 Å². The Morgan fingerprint density at radius 2 is 1.48 bits per heavy atom. The normalized spacial score (nSPS) is 14.9. The van der Waals surface area contributed by atoms with Crippen molar-refractivity contribution < 1.29 is 27.8 Å². The number of carbonyl (C=O) groups is 1. The summed E-state index contributed by atoms with van der Waals surface area (Å²) in [7, 11) is -0.730. The first kappa shape index (κ1) is 19.2. The average Bonchev–Trinajstić information content (AvgIpc) is 3.22. The van der Waals surface area contributed by atoms with Gasteiger partial charge in [-0.25, -0.2) is 13.2 Å². The Morgan fingerprint density at radius 3 is 2.00 bits per heavy atom. The number of carboxylic acids is 1. The quantitative estimate of drug-likeness (QED) is 0.814. The molecule has 0 aliphatic carbocycles. The Labute approximate surface area is 158 Å². The van der Waals surface area contributed by atoms with Gasteiger partial charge >= 0.3 is 5.97 Å². The van der Waals surface area contributed by atoms with Crippen LogP contribution in [-0.4, -0.2) is 51.1 Å². The van der Waals surface area contributed by atoms with Gasteiger partial charge in [0.05, 0.1) is 24.7 Å².